The molecule has 6 nitrogen and oxygen atoms in total. The fourth-order valence-electron chi connectivity index (χ4n) is 4.16. The van der Waals surface area contributed by atoms with Crippen LogP contribution in [0.5, 0.6) is 11.5 Å². The van der Waals surface area contributed by atoms with Gasteiger partial charge in [0, 0.05) is 12.1 Å². The predicted octanol–water partition coefficient (Wildman–Crippen LogP) is 4.04. The summed E-state index contributed by atoms with van der Waals surface area (Å²) < 4.78 is 18.0. The van der Waals surface area contributed by atoms with E-state index in [1.165, 1.54) is 0 Å². The fourth-order valence-corrected chi connectivity index (χ4v) is 4.16. The summed E-state index contributed by atoms with van der Waals surface area (Å²) >= 11 is 0. The van der Waals surface area contributed by atoms with Crippen LogP contribution in [0.2, 0.25) is 0 Å². The summed E-state index contributed by atoms with van der Waals surface area (Å²) in [7, 11) is 0. The number of hydrogen-bond acceptors (Lipinski definition) is 6. The molecule has 4 rings (SSSR count). The zero-order valence-electron chi connectivity index (χ0n) is 18.9. The van der Waals surface area contributed by atoms with Crippen molar-refractivity contribution in [1.29, 1.82) is 0 Å². The molecule has 1 heterocycles. The molecular weight excluding hydrogens is 406 g/mol. The van der Waals surface area contributed by atoms with E-state index < -0.39 is 12.3 Å². The molecule has 0 radical (unpaired) electrons. The molecule has 2 aromatic carbocycles. The van der Waals surface area contributed by atoms with Crippen molar-refractivity contribution in [1.82, 2.24) is 5.32 Å². The van der Waals surface area contributed by atoms with Crippen molar-refractivity contribution in [3.05, 3.63) is 69.1 Å². The largest absolute Gasteiger partial charge is 0.487 e. The molecule has 2 atom stereocenters. The summed E-state index contributed by atoms with van der Waals surface area (Å²) in [5.41, 5.74) is 4.27. The molecule has 2 N–H and O–H groups in total. The van der Waals surface area contributed by atoms with Gasteiger partial charge in [-0.2, -0.15) is 0 Å². The first kappa shape index (κ1) is 22.4. The Morgan fingerprint density at radius 2 is 1.78 bits per heavy atom. The Hall–Kier alpha value is -2.83. The Bertz CT molecular complexity index is 1130. The minimum absolute atomic E-state index is 0.229. The van der Waals surface area contributed by atoms with Gasteiger partial charge in [0.1, 0.15) is 23.7 Å². The maximum absolute atomic E-state index is 12.5. The first-order valence-electron chi connectivity index (χ1n) is 11.3. The minimum Gasteiger partial charge on any atom is -0.487 e. The van der Waals surface area contributed by atoms with Crippen LogP contribution in [-0.2, 0) is 12.8 Å². The van der Waals surface area contributed by atoms with Gasteiger partial charge in [0.05, 0.1) is 11.5 Å². The van der Waals surface area contributed by atoms with E-state index in [0.717, 1.165) is 59.1 Å². The van der Waals surface area contributed by atoms with E-state index in [1.54, 1.807) is 6.92 Å². The second-order valence-corrected chi connectivity index (χ2v) is 8.68. The van der Waals surface area contributed by atoms with Gasteiger partial charge >= 0.3 is 5.63 Å². The van der Waals surface area contributed by atoms with Gasteiger partial charge < -0.3 is 19.0 Å². The van der Waals surface area contributed by atoms with Crippen molar-refractivity contribution >= 4 is 11.0 Å². The van der Waals surface area contributed by atoms with Gasteiger partial charge in [-0.3, -0.25) is 5.32 Å². The van der Waals surface area contributed by atoms with Crippen LogP contribution < -0.4 is 20.4 Å². The van der Waals surface area contributed by atoms with E-state index in [0.29, 0.717) is 17.9 Å². The van der Waals surface area contributed by atoms with Crippen LogP contribution in [-0.4, -0.2) is 30.6 Å². The van der Waals surface area contributed by atoms with E-state index in [2.05, 4.69) is 5.32 Å². The molecule has 6 heteroatoms. The SMILES string of the molecule is Cc1ccc(OC(COc2cc(C)cc3oc(=O)c4c(c23)CCCC4)NCC(C)O)cc1. The second-order valence-electron chi connectivity index (χ2n) is 8.68. The van der Waals surface area contributed by atoms with Crippen LogP contribution in [0, 0.1) is 13.8 Å². The number of nitrogens with one attached hydrogen (secondary N) is 1. The molecule has 2 unspecified atom stereocenters. The van der Waals surface area contributed by atoms with Gasteiger partial charge in [-0.15, -0.1) is 0 Å². The summed E-state index contributed by atoms with van der Waals surface area (Å²) in [6.07, 6.45) is 2.67. The van der Waals surface area contributed by atoms with E-state index in [9.17, 15) is 9.90 Å². The summed E-state index contributed by atoms with van der Waals surface area (Å²) in [5, 5.41) is 13.8. The zero-order chi connectivity index (χ0) is 22.7. The lowest BCUT2D eigenvalue weighted by Gasteiger charge is -2.23. The Kier molecular flexibility index (Phi) is 6.82. The number of hydrogen-bond donors (Lipinski definition) is 2. The molecule has 0 bridgehead atoms. The molecule has 0 amide bonds. The van der Waals surface area contributed by atoms with Crippen LogP contribution in [0.1, 0.15) is 42.0 Å². The maximum Gasteiger partial charge on any atom is 0.339 e. The second kappa shape index (κ2) is 9.76. The molecule has 0 saturated heterocycles. The summed E-state index contributed by atoms with van der Waals surface area (Å²) in [5.74, 6) is 1.41. The third-order valence-corrected chi connectivity index (χ3v) is 5.76. The molecule has 1 aromatic heterocycles. The third kappa shape index (κ3) is 5.14. The molecule has 1 aliphatic carbocycles. The van der Waals surface area contributed by atoms with E-state index in [1.807, 2.05) is 50.2 Å². The molecule has 0 aliphatic heterocycles. The topological polar surface area (TPSA) is 80.9 Å². The van der Waals surface area contributed by atoms with Crippen molar-refractivity contribution in [2.45, 2.75) is 58.8 Å². The van der Waals surface area contributed by atoms with E-state index >= 15 is 0 Å². The van der Waals surface area contributed by atoms with Crippen LogP contribution in [0.25, 0.3) is 11.0 Å². The van der Waals surface area contributed by atoms with Crippen LogP contribution >= 0.6 is 0 Å². The number of fused-ring (bicyclic) bond motifs is 3. The number of ether oxygens (including phenoxy) is 2. The standard InChI is InChI=1S/C26H31NO5/c1-16-8-10-19(11-9-16)31-24(27-14-18(3)28)15-30-22-12-17(2)13-23-25(22)20-6-4-5-7-21(20)26(29)32-23/h8-13,18,24,27-28H,4-7,14-15H2,1-3H3. The van der Waals surface area contributed by atoms with E-state index in [4.69, 9.17) is 13.9 Å². The summed E-state index contributed by atoms with van der Waals surface area (Å²) in [6, 6.07) is 11.7. The molecule has 3 aromatic rings. The smallest absolute Gasteiger partial charge is 0.339 e. The molecule has 0 fully saturated rings. The Balaban J connectivity index is 1.62. The van der Waals surface area contributed by atoms with Crippen LogP contribution in [0.4, 0.5) is 0 Å². The zero-order valence-corrected chi connectivity index (χ0v) is 18.9. The number of benzene rings is 2. The molecule has 0 saturated carbocycles. The lowest BCUT2D eigenvalue weighted by atomic mass is 9.90. The van der Waals surface area contributed by atoms with Gasteiger partial charge in [0.15, 0.2) is 6.23 Å². The summed E-state index contributed by atoms with van der Waals surface area (Å²) in [6.45, 7) is 6.31. The van der Waals surface area contributed by atoms with E-state index in [-0.39, 0.29) is 12.2 Å². The van der Waals surface area contributed by atoms with Crippen molar-refractivity contribution < 1.29 is 19.0 Å². The fraction of sp³-hybridized carbons (Fsp3) is 0.423. The quantitative estimate of drug-likeness (QED) is 0.409. The number of aliphatic hydroxyl groups is 1. The van der Waals surface area contributed by atoms with Crippen molar-refractivity contribution in [3.63, 3.8) is 0 Å². The third-order valence-electron chi connectivity index (χ3n) is 5.76. The van der Waals surface area contributed by atoms with Crippen LogP contribution in [0.15, 0.2) is 45.6 Å². The molecule has 170 valence electrons. The maximum atomic E-state index is 12.5. The van der Waals surface area contributed by atoms with Gasteiger partial charge in [0.25, 0.3) is 0 Å². The number of aliphatic hydroxyl groups excluding tert-OH is 1. The Morgan fingerprint density at radius 1 is 1.06 bits per heavy atom. The number of aryl methyl sites for hydroxylation is 3. The highest BCUT2D eigenvalue weighted by molar-refractivity contribution is 5.88. The van der Waals surface area contributed by atoms with Crippen molar-refractivity contribution in [3.8, 4) is 11.5 Å². The average molecular weight is 438 g/mol. The predicted molar refractivity (Wildman–Crippen MR) is 125 cm³/mol. The van der Waals surface area contributed by atoms with Gasteiger partial charge in [-0.1, -0.05) is 17.7 Å². The minimum atomic E-state index is -0.514. The highest BCUT2D eigenvalue weighted by Crippen LogP contribution is 2.34. The Morgan fingerprint density at radius 3 is 2.50 bits per heavy atom. The van der Waals surface area contributed by atoms with Gasteiger partial charge in [0.2, 0.25) is 0 Å². The van der Waals surface area contributed by atoms with Crippen molar-refractivity contribution in [2.24, 2.45) is 0 Å². The first-order chi connectivity index (χ1) is 15.4. The molecule has 32 heavy (non-hydrogen) atoms. The molecular formula is C26H31NO5. The molecule has 1 aliphatic rings. The lowest BCUT2D eigenvalue weighted by Crippen LogP contribution is -2.42. The highest BCUT2D eigenvalue weighted by Gasteiger charge is 2.22. The summed E-state index contributed by atoms with van der Waals surface area (Å²) in [4.78, 5) is 12.5. The normalized spacial score (nSPS) is 15.2. The van der Waals surface area contributed by atoms with Crippen LogP contribution in [0.3, 0.4) is 0 Å². The van der Waals surface area contributed by atoms with Crippen molar-refractivity contribution in [2.75, 3.05) is 13.2 Å². The monoisotopic (exact) mass is 437 g/mol. The average Bonchev–Trinajstić information content (AvgIpc) is 2.76. The number of rotatable bonds is 8. The molecule has 0 spiro atoms. The highest BCUT2D eigenvalue weighted by atomic mass is 16.5. The van der Waals surface area contributed by atoms with Gasteiger partial charge in [-0.25, -0.2) is 4.79 Å². The lowest BCUT2D eigenvalue weighted by molar-refractivity contribution is 0.0837. The Labute approximate surface area is 188 Å². The first-order valence-corrected chi connectivity index (χ1v) is 11.3. The van der Waals surface area contributed by atoms with Gasteiger partial charge in [-0.05, 0) is 81.8 Å².